The van der Waals surface area contributed by atoms with Crippen LogP contribution in [-0.2, 0) is 5.41 Å². The zero-order chi connectivity index (χ0) is 22.8. The van der Waals surface area contributed by atoms with Gasteiger partial charge < -0.3 is 9.15 Å². The van der Waals surface area contributed by atoms with E-state index >= 15 is 0 Å². The number of furan rings is 1. The number of para-hydroxylation sites is 1. The molecule has 0 N–H and O–H groups in total. The van der Waals surface area contributed by atoms with Crippen molar-refractivity contribution in [3.8, 4) is 5.75 Å². The molecule has 5 rings (SSSR count). The van der Waals surface area contributed by atoms with Crippen LogP contribution in [0.5, 0.6) is 5.75 Å². The van der Waals surface area contributed by atoms with Crippen molar-refractivity contribution in [2.24, 2.45) is 0 Å². The number of fused-ring (bicyclic) bond motifs is 4. The normalized spacial score (nSPS) is 13.6. The number of esters is 1. The van der Waals surface area contributed by atoms with E-state index in [0.717, 1.165) is 33.5 Å². The summed E-state index contributed by atoms with van der Waals surface area (Å²) in [5, 5.41) is 0.799. The van der Waals surface area contributed by atoms with Gasteiger partial charge in [0.2, 0.25) is 11.6 Å². The zero-order valence-electron chi connectivity index (χ0n) is 19.4. The summed E-state index contributed by atoms with van der Waals surface area (Å²) < 4.78 is 12.3. The van der Waals surface area contributed by atoms with Crippen molar-refractivity contribution in [3.05, 3.63) is 82.4 Å². The van der Waals surface area contributed by atoms with Gasteiger partial charge in [0.15, 0.2) is 0 Å². The minimum atomic E-state index is -0.379. The Morgan fingerprint density at radius 1 is 0.875 bits per heavy atom. The van der Waals surface area contributed by atoms with Gasteiger partial charge in [-0.05, 0) is 67.1 Å². The van der Waals surface area contributed by atoms with Gasteiger partial charge in [-0.1, -0.05) is 56.7 Å². The molecule has 0 amide bonds. The molecular weight excluding hydrogens is 398 g/mol. The number of nitrogens with zero attached hydrogens (tertiary/aromatic N) is 1. The third-order valence-electron chi connectivity index (χ3n) is 6.12. The Morgan fingerprint density at radius 3 is 2.25 bits per heavy atom. The molecule has 1 aliphatic heterocycles. The fraction of sp³-hybridized carbons (Fsp3) is 0.250. The molecule has 0 fully saturated rings. The second kappa shape index (κ2) is 6.99. The number of carbonyl (C=O) groups is 1. The second-order valence-corrected chi connectivity index (χ2v) is 9.69. The number of rotatable bonds is 1. The van der Waals surface area contributed by atoms with Crippen molar-refractivity contribution in [3.63, 3.8) is 0 Å². The van der Waals surface area contributed by atoms with Gasteiger partial charge in [-0.2, -0.15) is 0 Å². The summed E-state index contributed by atoms with van der Waals surface area (Å²) in [6.07, 6.45) is 0. The number of aryl methyl sites for hydroxylation is 3. The molecule has 4 nitrogen and oxygen atoms in total. The molecule has 4 aromatic rings. The maximum atomic E-state index is 13.1. The van der Waals surface area contributed by atoms with Crippen LogP contribution in [0.25, 0.3) is 11.0 Å². The van der Waals surface area contributed by atoms with E-state index in [-0.39, 0.29) is 11.4 Å². The highest BCUT2D eigenvalue weighted by molar-refractivity contribution is 6.06. The predicted octanol–water partition coefficient (Wildman–Crippen LogP) is 7.66. The average Bonchev–Trinajstić information content (AvgIpc) is 3.01. The predicted molar refractivity (Wildman–Crippen MR) is 129 cm³/mol. The first kappa shape index (κ1) is 20.4. The zero-order valence-corrected chi connectivity index (χ0v) is 19.4. The summed E-state index contributed by atoms with van der Waals surface area (Å²) >= 11 is 0. The molecule has 162 valence electrons. The first-order chi connectivity index (χ1) is 15.1. The number of carbonyl (C=O) groups excluding carboxylic acids is 1. The van der Waals surface area contributed by atoms with Gasteiger partial charge in [0.05, 0.1) is 22.3 Å². The fourth-order valence-corrected chi connectivity index (χ4v) is 4.48. The Hall–Kier alpha value is -3.53. The highest BCUT2D eigenvalue weighted by atomic mass is 16.5. The lowest BCUT2D eigenvalue weighted by atomic mass is 9.84. The van der Waals surface area contributed by atoms with Gasteiger partial charge in [0.25, 0.3) is 0 Å². The van der Waals surface area contributed by atoms with Gasteiger partial charge in [0, 0.05) is 0 Å². The van der Waals surface area contributed by atoms with Gasteiger partial charge in [-0.3, -0.25) is 4.90 Å². The van der Waals surface area contributed by atoms with Crippen LogP contribution in [0.3, 0.4) is 0 Å². The minimum Gasteiger partial charge on any atom is -0.436 e. The van der Waals surface area contributed by atoms with E-state index in [1.165, 1.54) is 5.56 Å². The standard InChI is InChI=1S/C28H27NO3/c1-16-11-12-23-21(13-16)25-26(31-23)29(22-10-8-7-9-20(22)27(30)32-25)24-17(2)14-19(15-18(24)3)28(4,5)6/h7-15H,1-6H3. The van der Waals surface area contributed by atoms with Gasteiger partial charge in [0.1, 0.15) is 5.58 Å². The lowest BCUT2D eigenvalue weighted by molar-refractivity contribution is 0.0740. The molecule has 3 aromatic carbocycles. The van der Waals surface area contributed by atoms with Gasteiger partial charge >= 0.3 is 5.97 Å². The third-order valence-corrected chi connectivity index (χ3v) is 6.12. The quantitative estimate of drug-likeness (QED) is 0.294. The Morgan fingerprint density at radius 2 is 1.56 bits per heavy atom. The molecule has 0 saturated heterocycles. The molecule has 0 radical (unpaired) electrons. The Balaban J connectivity index is 1.86. The topological polar surface area (TPSA) is 42.7 Å². The molecule has 0 spiro atoms. The Labute approximate surface area is 188 Å². The van der Waals surface area contributed by atoms with Crippen molar-refractivity contribution >= 4 is 34.2 Å². The fourth-order valence-electron chi connectivity index (χ4n) is 4.48. The minimum absolute atomic E-state index is 0.0336. The van der Waals surface area contributed by atoms with Crippen molar-refractivity contribution in [2.45, 2.75) is 47.0 Å². The van der Waals surface area contributed by atoms with Crippen LogP contribution in [0.2, 0.25) is 0 Å². The summed E-state index contributed by atoms with van der Waals surface area (Å²) in [5.41, 5.74) is 7.56. The second-order valence-electron chi connectivity index (χ2n) is 9.69. The number of ether oxygens (including phenoxy) is 1. The summed E-state index contributed by atoms with van der Waals surface area (Å²) in [4.78, 5) is 15.2. The van der Waals surface area contributed by atoms with E-state index in [1.54, 1.807) is 6.07 Å². The molecular formula is C28H27NO3. The Kier molecular flexibility index (Phi) is 4.45. The first-order valence-corrected chi connectivity index (χ1v) is 10.9. The van der Waals surface area contributed by atoms with Crippen molar-refractivity contribution < 1.29 is 13.9 Å². The number of anilines is 3. The third kappa shape index (κ3) is 3.10. The molecule has 0 saturated carbocycles. The first-order valence-electron chi connectivity index (χ1n) is 10.9. The van der Waals surface area contributed by atoms with Crippen LogP contribution >= 0.6 is 0 Å². The van der Waals surface area contributed by atoms with Crippen LogP contribution in [0.1, 0.15) is 53.4 Å². The maximum absolute atomic E-state index is 13.1. The smallest absolute Gasteiger partial charge is 0.345 e. The van der Waals surface area contributed by atoms with E-state index in [4.69, 9.17) is 9.15 Å². The van der Waals surface area contributed by atoms with E-state index in [9.17, 15) is 4.79 Å². The summed E-state index contributed by atoms with van der Waals surface area (Å²) in [6.45, 7) is 12.9. The van der Waals surface area contributed by atoms with E-state index in [2.05, 4.69) is 46.8 Å². The highest BCUT2D eigenvalue weighted by Crippen LogP contribution is 2.51. The van der Waals surface area contributed by atoms with Gasteiger partial charge in [-0.15, -0.1) is 0 Å². The molecule has 0 atom stereocenters. The molecule has 0 aliphatic carbocycles. The SMILES string of the molecule is Cc1ccc2oc3c(c2c1)OC(=O)c1ccccc1N3c1c(C)cc(C(C)(C)C)cc1C. The van der Waals surface area contributed by atoms with Gasteiger partial charge in [-0.25, -0.2) is 4.79 Å². The molecule has 0 bridgehead atoms. The van der Waals surface area contributed by atoms with Crippen molar-refractivity contribution in [1.29, 1.82) is 0 Å². The average molecular weight is 426 g/mol. The van der Waals surface area contributed by atoms with E-state index in [1.807, 2.05) is 48.2 Å². The largest absolute Gasteiger partial charge is 0.436 e. The van der Waals surface area contributed by atoms with Crippen LogP contribution in [0.4, 0.5) is 17.3 Å². The number of benzene rings is 3. The Bertz CT molecular complexity index is 1360. The molecule has 2 heterocycles. The number of hydrogen-bond acceptors (Lipinski definition) is 4. The van der Waals surface area contributed by atoms with Crippen molar-refractivity contribution in [2.75, 3.05) is 4.90 Å². The highest BCUT2D eigenvalue weighted by Gasteiger charge is 2.34. The maximum Gasteiger partial charge on any atom is 0.345 e. The van der Waals surface area contributed by atoms with Crippen LogP contribution in [0.15, 0.2) is 59.0 Å². The molecule has 0 unspecified atom stereocenters. The van der Waals surface area contributed by atoms with E-state index < -0.39 is 0 Å². The summed E-state index contributed by atoms with van der Waals surface area (Å²) in [6, 6.07) is 17.9. The molecule has 4 heteroatoms. The van der Waals surface area contributed by atoms with Crippen LogP contribution in [0, 0.1) is 20.8 Å². The molecule has 1 aliphatic rings. The number of hydrogen-bond donors (Lipinski definition) is 0. The monoisotopic (exact) mass is 425 g/mol. The molecule has 1 aromatic heterocycles. The summed E-state index contributed by atoms with van der Waals surface area (Å²) in [7, 11) is 0. The lowest BCUT2D eigenvalue weighted by Gasteiger charge is -2.28. The van der Waals surface area contributed by atoms with Crippen molar-refractivity contribution in [1.82, 2.24) is 0 Å². The summed E-state index contributed by atoms with van der Waals surface area (Å²) in [5.74, 6) is 0.609. The van der Waals surface area contributed by atoms with E-state index in [0.29, 0.717) is 22.8 Å². The van der Waals surface area contributed by atoms with Crippen LogP contribution < -0.4 is 9.64 Å². The molecule has 32 heavy (non-hydrogen) atoms. The lowest BCUT2D eigenvalue weighted by Crippen LogP contribution is -2.16. The van der Waals surface area contributed by atoms with Crippen LogP contribution in [-0.4, -0.2) is 5.97 Å².